The van der Waals surface area contributed by atoms with Crippen molar-refractivity contribution in [3.8, 4) is 28.3 Å². The molecule has 3 aromatic heterocycles. The molecule has 0 saturated heterocycles. The molecule has 0 radical (unpaired) electrons. The first-order chi connectivity index (χ1) is 16.1. The zero-order valence-corrected chi connectivity index (χ0v) is 18.3. The molecular weight excluding hydrogens is 438 g/mol. The summed E-state index contributed by atoms with van der Waals surface area (Å²) in [6.07, 6.45) is 3.34. The lowest BCUT2D eigenvalue weighted by Gasteiger charge is -2.09. The second-order valence-electron chi connectivity index (χ2n) is 7.23. The normalized spacial score (nSPS) is 10.8. The zero-order chi connectivity index (χ0) is 22.8. The van der Waals surface area contributed by atoms with Gasteiger partial charge in [-0.15, -0.1) is 0 Å². The average Bonchev–Trinajstić information content (AvgIpc) is 3.24. The Morgan fingerprint density at radius 1 is 0.970 bits per heavy atom. The van der Waals surface area contributed by atoms with Crippen LogP contribution in [0, 0.1) is 0 Å². The quantitative estimate of drug-likeness (QED) is 0.385. The van der Waals surface area contributed by atoms with Gasteiger partial charge in [-0.3, -0.25) is 4.79 Å². The summed E-state index contributed by atoms with van der Waals surface area (Å²) in [4.78, 5) is 21.8. The van der Waals surface area contributed by atoms with Crippen molar-refractivity contribution < 1.29 is 9.53 Å². The van der Waals surface area contributed by atoms with E-state index in [1.807, 2.05) is 42.5 Å². The summed E-state index contributed by atoms with van der Waals surface area (Å²) in [5.74, 6) is 0.824. The summed E-state index contributed by atoms with van der Waals surface area (Å²) in [6.45, 7) is 0. The number of imidazole rings is 1. The van der Waals surface area contributed by atoms with E-state index >= 15 is 0 Å². The first kappa shape index (κ1) is 20.7. The number of fused-ring (bicyclic) bond motifs is 1. The van der Waals surface area contributed by atoms with Crippen LogP contribution in [0.3, 0.4) is 0 Å². The molecule has 33 heavy (non-hydrogen) atoms. The Kier molecular flexibility index (Phi) is 5.46. The minimum Gasteiger partial charge on any atom is -0.497 e. The molecule has 0 saturated carbocycles. The van der Waals surface area contributed by atoms with E-state index in [1.54, 1.807) is 54.4 Å². The Balaban J connectivity index is 1.55. The Hall–Kier alpha value is -4.23. The van der Waals surface area contributed by atoms with Gasteiger partial charge in [0.25, 0.3) is 5.91 Å². The molecule has 2 aromatic carbocycles. The number of carbonyl (C=O) groups excluding carboxylic acids is 1. The van der Waals surface area contributed by atoms with Crippen molar-refractivity contribution in [2.24, 2.45) is 0 Å². The van der Waals surface area contributed by atoms with Gasteiger partial charge in [0, 0.05) is 34.1 Å². The molecule has 0 atom stereocenters. The highest BCUT2D eigenvalue weighted by atomic mass is 35.5. The number of nitrogens with one attached hydrogen (secondary N) is 1. The van der Waals surface area contributed by atoms with Gasteiger partial charge in [-0.1, -0.05) is 23.7 Å². The minimum atomic E-state index is -0.270. The van der Waals surface area contributed by atoms with Gasteiger partial charge in [0.1, 0.15) is 17.3 Å². The highest BCUT2D eigenvalue weighted by Crippen LogP contribution is 2.34. The number of nitrogens with zero attached hydrogens (tertiary/aromatic N) is 4. The van der Waals surface area contributed by atoms with Crippen LogP contribution < -0.4 is 10.1 Å². The van der Waals surface area contributed by atoms with Gasteiger partial charge in [0.15, 0.2) is 5.65 Å². The Morgan fingerprint density at radius 3 is 2.61 bits per heavy atom. The Morgan fingerprint density at radius 2 is 1.82 bits per heavy atom. The number of ether oxygens (including phenoxy) is 1. The standard InChI is InChI=1S/C25H18ClN5O2/c1-33-20-9-7-16(8-10-20)25(32)29-21-15-18(11-13-27-21)24-23(17-4-2-5-19(26)14-17)30-22-6-3-12-28-31(22)24/h2-15H,1H3,(H,27,29,32). The van der Waals surface area contributed by atoms with Gasteiger partial charge in [-0.25, -0.2) is 14.5 Å². The number of carbonyl (C=O) groups is 1. The third kappa shape index (κ3) is 4.14. The molecule has 0 aliphatic heterocycles. The van der Waals surface area contributed by atoms with Gasteiger partial charge >= 0.3 is 0 Å². The number of hydrogen-bond acceptors (Lipinski definition) is 5. The van der Waals surface area contributed by atoms with Crippen LogP contribution in [-0.2, 0) is 0 Å². The van der Waals surface area contributed by atoms with Gasteiger partial charge in [0.2, 0.25) is 0 Å². The monoisotopic (exact) mass is 455 g/mol. The number of methoxy groups -OCH3 is 1. The lowest BCUT2D eigenvalue weighted by Crippen LogP contribution is -2.12. The molecule has 8 heteroatoms. The van der Waals surface area contributed by atoms with Crippen molar-refractivity contribution in [1.82, 2.24) is 19.6 Å². The highest BCUT2D eigenvalue weighted by molar-refractivity contribution is 6.30. The van der Waals surface area contributed by atoms with Gasteiger partial charge < -0.3 is 10.1 Å². The number of aromatic nitrogens is 4. The molecule has 5 aromatic rings. The molecule has 3 heterocycles. The molecule has 1 amide bonds. The SMILES string of the molecule is COc1ccc(C(=O)Nc2cc(-c3c(-c4cccc(Cl)c4)nc4cccnn34)ccn2)cc1. The van der Waals surface area contributed by atoms with Crippen molar-refractivity contribution in [2.75, 3.05) is 12.4 Å². The van der Waals surface area contributed by atoms with E-state index in [-0.39, 0.29) is 5.91 Å². The van der Waals surface area contributed by atoms with E-state index < -0.39 is 0 Å². The second-order valence-corrected chi connectivity index (χ2v) is 7.66. The molecule has 0 unspecified atom stereocenters. The fourth-order valence-corrected chi connectivity index (χ4v) is 3.75. The summed E-state index contributed by atoms with van der Waals surface area (Å²) in [6, 6.07) is 21.8. The Labute approximate surface area is 194 Å². The molecule has 1 N–H and O–H groups in total. The lowest BCUT2D eigenvalue weighted by atomic mass is 10.1. The third-order valence-corrected chi connectivity index (χ3v) is 5.35. The fourth-order valence-electron chi connectivity index (χ4n) is 3.56. The maximum absolute atomic E-state index is 12.7. The molecule has 0 spiro atoms. The summed E-state index contributed by atoms with van der Waals surface area (Å²) >= 11 is 6.24. The fraction of sp³-hybridized carbons (Fsp3) is 0.0400. The number of anilines is 1. The van der Waals surface area contributed by atoms with Crippen molar-refractivity contribution in [1.29, 1.82) is 0 Å². The predicted octanol–water partition coefficient (Wildman–Crippen LogP) is 5.37. The van der Waals surface area contributed by atoms with E-state index in [0.29, 0.717) is 27.8 Å². The highest BCUT2D eigenvalue weighted by Gasteiger charge is 2.18. The van der Waals surface area contributed by atoms with Gasteiger partial charge in [0.05, 0.1) is 12.8 Å². The van der Waals surface area contributed by atoms with Crippen LogP contribution >= 0.6 is 11.6 Å². The number of hydrogen-bond donors (Lipinski definition) is 1. The molecule has 5 rings (SSSR count). The third-order valence-electron chi connectivity index (χ3n) is 5.12. The van der Waals surface area contributed by atoms with Gasteiger partial charge in [-0.2, -0.15) is 5.10 Å². The van der Waals surface area contributed by atoms with Crippen LogP contribution in [0.25, 0.3) is 28.2 Å². The van der Waals surface area contributed by atoms with E-state index in [9.17, 15) is 4.79 Å². The number of benzene rings is 2. The van der Waals surface area contributed by atoms with E-state index in [2.05, 4.69) is 15.4 Å². The van der Waals surface area contributed by atoms with Crippen molar-refractivity contribution in [3.05, 3.63) is 95.8 Å². The topological polar surface area (TPSA) is 81.4 Å². The van der Waals surface area contributed by atoms with Crippen molar-refractivity contribution >= 4 is 29.0 Å². The second kappa shape index (κ2) is 8.72. The smallest absolute Gasteiger partial charge is 0.256 e. The summed E-state index contributed by atoms with van der Waals surface area (Å²) < 4.78 is 6.91. The molecular formula is C25H18ClN5O2. The van der Waals surface area contributed by atoms with E-state index in [0.717, 1.165) is 22.5 Å². The van der Waals surface area contributed by atoms with E-state index in [4.69, 9.17) is 21.3 Å². The number of pyridine rings is 1. The first-order valence-corrected chi connectivity index (χ1v) is 10.5. The largest absolute Gasteiger partial charge is 0.497 e. The molecule has 0 fully saturated rings. The van der Waals surface area contributed by atoms with Gasteiger partial charge in [-0.05, 0) is 60.7 Å². The number of amides is 1. The molecule has 0 bridgehead atoms. The van der Waals surface area contributed by atoms with Crippen LogP contribution in [0.2, 0.25) is 5.02 Å². The van der Waals surface area contributed by atoms with Crippen LogP contribution in [-0.4, -0.2) is 32.6 Å². The zero-order valence-electron chi connectivity index (χ0n) is 17.6. The van der Waals surface area contributed by atoms with Crippen LogP contribution in [0.15, 0.2) is 85.2 Å². The van der Waals surface area contributed by atoms with Crippen molar-refractivity contribution in [2.45, 2.75) is 0 Å². The van der Waals surface area contributed by atoms with Crippen molar-refractivity contribution in [3.63, 3.8) is 0 Å². The summed E-state index contributed by atoms with van der Waals surface area (Å²) in [7, 11) is 1.58. The predicted molar refractivity (Wildman–Crippen MR) is 128 cm³/mol. The lowest BCUT2D eigenvalue weighted by molar-refractivity contribution is 0.102. The van der Waals surface area contributed by atoms with E-state index in [1.165, 1.54) is 0 Å². The summed E-state index contributed by atoms with van der Waals surface area (Å²) in [5.41, 5.74) is 4.37. The van der Waals surface area contributed by atoms with Crippen LogP contribution in [0.5, 0.6) is 5.75 Å². The van der Waals surface area contributed by atoms with Crippen LogP contribution in [0.1, 0.15) is 10.4 Å². The average molecular weight is 456 g/mol. The minimum absolute atomic E-state index is 0.270. The Bertz CT molecular complexity index is 1460. The molecule has 7 nitrogen and oxygen atoms in total. The molecule has 0 aliphatic rings. The number of rotatable bonds is 5. The molecule has 0 aliphatic carbocycles. The maximum Gasteiger partial charge on any atom is 0.256 e. The first-order valence-electron chi connectivity index (χ1n) is 10.1. The molecule has 162 valence electrons. The maximum atomic E-state index is 12.7. The number of halogens is 1. The summed E-state index contributed by atoms with van der Waals surface area (Å²) in [5, 5.41) is 7.95. The van der Waals surface area contributed by atoms with Crippen LogP contribution in [0.4, 0.5) is 5.82 Å².